The zero-order chi connectivity index (χ0) is 14.3. The van der Waals surface area contributed by atoms with Crippen molar-refractivity contribution in [2.75, 3.05) is 13.7 Å². The Morgan fingerprint density at radius 3 is 2.95 bits per heavy atom. The molecule has 1 aliphatic rings. The maximum atomic E-state index is 6.11. The molecule has 2 heterocycles. The van der Waals surface area contributed by atoms with Crippen LogP contribution < -0.4 is 4.74 Å². The molecular formula is C15H19ClN2O2. The molecule has 20 heavy (non-hydrogen) atoms. The standard InChI is InChI=1S/C15H19ClN2O2/c1-10-15(2,6-7-20-10)18-13-8-11(19-3)4-5-12(13)17-14(18)9-16/h4-5,8,10H,6-7,9H2,1-3H3. The van der Waals surface area contributed by atoms with E-state index >= 15 is 0 Å². The summed E-state index contributed by atoms with van der Waals surface area (Å²) < 4.78 is 13.3. The smallest absolute Gasteiger partial charge is 0.125 e. The fourth-order valence-electron chi connectivity index (χ4n) is 3.01. The lowest BCUT2D eigenvalue weighted by Crippen LogP contribution is -2.37. The van der Waals surface area contributed by atoms with Crippen LogP contribution in [-0.4, -0.2) is 29.4 Å². The summed E-state index contributed by atoms with van der Waals surface area (Å²) >= 11 is 6.11. The number of rotatable bonds is 3. The third kappa shape index (κ3) is 1.90. The molecule has 3 rings (SSSR count). The summed E-state index contributed by atoms with van der Waals surface area (Å²) in [6, 6.07) is 5.92. The van der Waals surface area contributed by atoms with Crippen molar-refractivity contribution < 1.29 is 9.47 Å². The number of imidazole rings is 1. The van der Waals surface area contributed by atoms with Crippen LogP contribution in [0.4, 0.5) is 0 Å². The molecule has 1 aromatic heterocycles. The van der Waals surface area contributed by atoms with Gasteiger partial charge in [-0.25, -0.2) is 4.98 Å². The van der Waals surface area contributed by atoms with Crippen LogP contribution in [0.2, 0.25) is 0 Å². The van der Waals surface area contributed by atoms with Crippen molar-refractivity contribution in [1.82, 2.24) is 9.55 Å². The van der Waals surface area contributed by atoms with E-state index in [1.807, 2.05) is 18.2 Å². The molecule has 2 aromatic rings. The lowest BCUT2D eigenvalue weighted by Gasteiger charge is -2.31. The van der Waals surface area contributed by atoms with E-state index in [9.17, 15) is 0 Å². The van der Waals surface area contributed by atoms with Crippen LogP contribution in [0, 0.1) is 0 Å². The Hall–Kier alpha value is -1.26. The van der Waals surface area contributed by atoms with E-state index in [-0.39, 0.29) is 11.6 Å². The molecule has 1 aromatic carbocycles. The van der Waals surface area contributed by atoms with Gasteiger partial charge in [0.15, 0.2) is 0 Å². The lowest BCUT2D eigenvalue weighted by molar-refractivity contribution is 0.0766. The first kappa shape index (κ1) is 13.7. The Kier molecular flexibility index (Phi) is 3.38. The van der Waals surface area contributed by atoms with Crippen molar-refractivity contribution in [3.05, 3.63) is 24.0 Å². The Morgan fingerprint density at radius 2 is 2.35 bits per heavy atom. The second kappa shape index (κ2) is 4.93. The summed E-state index contributed by atoms with van der Waals surface area (Å²) in [5.74, 6) is 2.10. The molecule has 2 atom stereocenters. The number of alkyl halides is 1. The average molecular weight is 295 g/mol. The van der Waals surface area contributed by atoms with Gasteiger partial charge in [0.05, 0.1) is 35.7 Å². The molecule has 0 aliphatic carbocycles. The minimum Gasteiger partial charge on any atom is -0.497 e. The summed E-state index contributed by atoms with van der Waals surface area (Å²) in [5, 5.41) is 0. The van der Waals surface area contributed by atoms with Crippen LogP contribution in [0.25, 0.3) is 11.0 Å². The molecule has 1 fully saturated rings. The molecule has 0 radical (unpaired) electrons. The first-order chi connectivity index (χ1) is 9.60. The molecule has 0 bridgehead atoms. The summed E-state index contributed by atoms with van der Waals surface area (Å²) in [6.45, 7) is 5.08. The number of hydrogen-bond acceptors (Lipinski definition) is 3. The van der Waals surface area contributed by atoms with Gasteiger partial charge in [0.25, 0.3) is 0 Å². The van der Waals surface area contributed by atoms with E-state index in [0.717, 1.165) is 35.6 Å². The number of halogens is 1. The van der Waals surface area contributed by atoms with Crippen molar-refractivity contribution in [3.63, 3.8) is 0 Å². The Morgan fingerprint density at radius 1 is 1.55 bits per heavy atom. The van der Waals surface area contributed by atoms with Crippen LogP contribution in [0.1, 0.15) is 26.1 Å². The van der Waals surface area contributed by atoms with Crippen molar-refractivity contribution in [2.45, 2.75) is 37.8 Å². The van der Waals surface area contributed by atoms with Gasteiger partial charge in [-0.2, -0.15) is 0 Å². The van der Waals surface area contributed by atoms with Crippen molar-refractivity contribution in [2.24, 2.45) is 0 Å². The highest BCUT2D eigenvalue weighted by Gasteiger charge is 2.41. The zero-order valence-electron chi connectivity index (χ0n) is 12.0. The van der Waals surface area contributed by atoms with Gasteiger partial charge in [-0.15, -0.1) is 11.6 Å². The minimum absolute atomic E-state index is 0.120. The number of hydrogen-bond donors (Lipinski definition) is 0. The second-order valence-corrected chi connectivity index (χ2v) is 5.74. The molecule has 1 aliphatic heterocycles. The first-order valence-electron chi connectivity index (χ1n) is 6.83. The van der Waals surface area contributed by atoms with Gasteiger partial charge in [0.2, 0.25) is 0 Å². The van der Waals surface area contributed by atoms with Gasteiger partial charge in [0, 0.05) is 12.7 Å². The summed E-state index contributed by atoms with van der Waals surface area (Å²) in [7, 11) is 1.67. The molecule has 0 saturated carbocycles. The van der Waals surface area contributed by atoms with E-state index in [1.165, 1.54) is 0 Å². The lowest BCUT2D eigenvalue weighted by atomic mass is 9.93. The van der Waals surface area contributed by atoms with E-state index in [1.54, 1.807) is 7.11 Å². The van der Waals surface area contributed by atoms with Gasteiger partial charge in [0.1, 0.15) is 11.6 Å². The zero-order valence-corrected chi connectivity index (χ0v) is 12.8. The van der Waals surface area contributed by atoms with Gasteiger partial charge < -0.3 is 14.0 Å². The number of ether oxygens (including phenoxy) is 2. The van der Waals surface area contributed by atoms with E-state index in [2.05, 4.69) is 23.4 Å². The van der Waals surface area contributed by atoms with Crippen LogP contribution in [-0.2, 0) is 16.2 Å². The van der Waals surface area contributed by atoms with E-state index < -0.39 is 0 Å². The minimum atomic E-state index is -0.120. The Labute approximate surface area is 123 Å². The van der Waals surface area contributed by atoms with Crippen LogP contribution in [0.5, 0.6) is 5.75 Å². The van der Waals surface area contributed by atoms with Gasteiger partial charge in [-0.3, -0.25) is 0 Å². The summed E-state index contributed by atoms with van der Waals surface area (Å²) in [5.41, 5.74) is 1.88. The predicted octanol–water partition coefficient (Wildman–Crippen LogP) is 3.31. The van der Waals surface area contributed by atoms with Crippen molar-refractivity contribution in [3.8, 4) is 5.75 Å². The summed E-state index contributed by atoms with van der Waals surface area (Å²) in [6.07, 6.45) is 1.09. The molecule has 1 saturated heterocycles. The predicted molar refractivity (Wildman–Crippen MR) is 79.5 cm³/mol. The number of nitrogens with zero attached hydrogens (tertiary/aromatic N) is 2. The molecule has 108 valence electrons. The Balaban J connectivity index is 2.26. The van der Waals surface area contributed by atoms with Crippen LogP contribution in [0.3, 0.4) is 0 Å². The highest BCUT2D eigenvalue weighted by molar-refractivity contribution is 6.16. The topological polar surface area (TPSA) is 36.3 Å². The normalized spacial score (nSPS) is 26.3. The number of fused-ring (bicyclic) bond motifs is 1. The third-order valence-corrected chi connectivity index (χ3v) is 4.65. The second-order valence-electron chi connectivity index (χ2n) is 5.47. The first-order valence-corrected chi connectivity index (χ1v) is 7.37. The van der Waals surface area contributed by atoms with Crippen LogP contribution >= 0.6 is 11.6 Å². The fraction of sp³-hybridized carbons (Fsp3) is 0.533. The largest absolute Gasteiger partial charge is 0.497 e. The number of benzene rings is 1. The maximum absolute atomic E-state index is 6.11. The molecule has 2 unspecified atom stereocenters. The Bertz CT molecular complexity index is 640. The van der Waals surface area contributed by atoms with E-state index in [0.29, 0.717) is 5.88 Å². The molecular weight excluding hydrogens is 276 g/mol. The maximum Gasteiger partial charge on any atom is 0.125 e. The number of aromatic nitrogens is 2. The number of methoxy groups -OCH3 is 1. The van der Waals surface area contributed by atoms with Crippen molar-refractivity contribution in [1.29, 1.82) is 0 Å². The molecule has 4 nitrogen and oxygen atoms in total. The monoisotopic (exact) mass is 294 g/mol. The highest BCUT2D eigenvalue weighted by Crippen LogP contribution is 2.38. The molecule has 5 heteroatoms. The SMILES string of the molecule is COc1ccc2nc(CCl)n(C3(C)CCOC3C)c2c1. The van der Waals surface area contributed by atoms with Crippen molar-refractivity contribution >= 4 is 22.6 Å². The van der Waals surface area contributed by atoms with E-state index in [4.69, 9.17) is 21.1 Å². The quantitative estimate of drug-likeness (QED) is 0.815. The fourth-order valence-corrected chi connectivity index (χ4v) is 3.19. The van der Waals surface area contributed by atoms with Crippen LogP contribution in [0.15, 0.2) is 18.2 Å². The molecule has 0 amide bonds. The molecule has 0 spiro atoms. The van der Waals surface area contributed by atoms with Gasteiger partial charge >= 0.3 is 0 Å². The summed E-state index contributed by atoms with van der Waals surface area (Å²) in [4.78, 5) is 4.65. The third-order valence-electron chi connectivity index (χ3n) is 4.41. The van der Waals surface area contributed by atoms with Gasteiger partial charge in [-0.05, 0) is 32.4 Å². The molecule has 0 N–H and O–H groups in total. The average Bonchev–Trinajstić information content (AvgIpc) is 2.99. The van der Waals surface area contributed by atoms with Gasteiger partial charge in [-0.1, -0.05) is 0 Å². The highest BCUT2D eigenvalue weighted by atomic mass is 35.5.